The predicted molar refractivity (Wildman–Crippen MR) is 160 cm³/mol. The summed E-state index contributed by atoms with van der Waals surface area (Å²) in [5.41, 5.74) is 0.935. The smallest absolute Gasteiger partial charge is 0.332 e. The van der Waals surface area contributed by atoms with E-state index in [0.29, 0.717) is 31.0 Å². The zero-order valence-electron chi connectivity index (χ0n) is 25.0. The van der Waals surface area contributed by atoms with Crippen LogP contribution in [0.25, 0.3) is 22.6 Å². The second-order valence-corrected chi connectivity index (χ2v) is 11.7. The first kappa shape index (κ1) is 30.1. The van der Waals surface area contributed by atoms with Crippen LogP contribution in [-0.2, 0) is 22.6 Å². The van der Waals surface area contributed by atoms with Gasteiger partial charge in [-0.25, -0.2) is 23.5 Å². The van der Waals surface area contributed by atoms with E-state index in [1.807, 2.05) is 44.2 Å². The summed E-state index contributed by atoms with van der Waals surface area (Å²) in [6.07, 6.45) is 4.39. The highest BCUT2D eigenvalue weighted by Gasteiger charge is 2.57. The molecule has 0 radical (unpaired) electrons. The average Bonchev–Trinajstić information content (AvgIpc) is 3.47. The second-order valence-electron chi connectivity index (χ2n) is 11.7. The number of hydrogen-bond donors (Lipinski definition) is 0. The molecule has 1 aromatic carbocycles. The number of imidazole rings is 1. The molecule has 2 aliphatic rings. The molecule has 0 spiro atoms. The van der Waals surface area contributed by atoms with Crippen molar-refractivity contribution in [3.63, 3.8) is 0 Å². The Bertz CT molecular complexity index is 1730. The Morgan fingerprint density at radius 2 is 1.89 bits per heavy atom. The van der Waals surface area contributed by atoms with Gasteiger partial charge in [-0.2, -0.15) is 0 Å². The summed E-state index contributed by atoms with van der Waals surface area (Å²) in [4.78, 5) is 37.1. The van der Waals surface area contributed by atoms with Crippen molar-refractivity contribution in [1.29, 1.82) is 0 Å². The van der Waals surface area contributed by atoms with Gasteiger partial charge in [0.05, 0.1) is 24.7 Å². The normalized spacial score (nSPS) is 19.5. The van der Waals surface area contributed by atoms with Gasteiger partial charge in [0.25, 0.3) is 11.5 Å². The lowest BCUT2D eigenvalue weighted by atomic mass is 10.2. The van der Waals surface area contributed by atoms with Gasteiger partial charge in [0, 0.05) is 38.4 Å². The van der Waals surface area contributed by atoms with Gasteiger partial charge >= 0.3 is 5.69 Å². The first-order valence-corrected chi connectivity index (χ1v) is 15.2. The molecule has 2 atom stereocenters. The molecule has 0 bridgehead atoms. The van der Waals surface area contributed by atoms with E-state index in [9.17, 15) is 18.4 Å². The Morgan fingerprint density at radius 1 is 1.09 bits per heavy atom. The fourth-order valence-corrected chi connectivity index (χ4v) is 5.63. The number of rotatable bonds is 12. The summed E-state index contributed by atoms with van der Waals surface area (Å²) in [7, 11) is 0. The fourth-order valence-electron chi connectivity index (χ4n) is 5.63. The van der Waals surface area contributed by atoms with Gasteiger partial charge in [0.2, 0.25) is 5.88 Å². The molecule has 4 heterocycles. The van der Waals surface area contributed by atoms with Crippen molar-refractivity contribution < 1.29 is 23.0 Å². The molecule has 44 heavy (non-hydrogen) atoms. The minimum absolute atomic E-state index is 0.140. The maximum Gasteiger partial charge on any atom is 0.332 e. The van der Waals surface area contributed by atoms with E-state index in [0.717, 1.165) is 24.8 Å². The lowest BCUT2D eigenvalue weighted by molar-refractivity contribution is -0.163. The first-order chi connectivity index (χ1) is 21.2. The topological polar surface area (TPSA) is 102 Å². The number of pyridine rings is 1. The third-order valence-corrected chi connectivity index (χ3v) is 8.12. The van der Waals surface area contributed by atoms with E-state index in [1.165, 1.54) is 15.3 Å². The second kappa shape index (κ2) is 12.6. The number of alkyl halides is 2. The highest BCUT2D eigenvalue weighted by atomic mass is 19.3. The molecule has 1 saturated heterocycles. The molecular formula is C32H37F2N5O5. The third kappa shape index (κ3) is 6.18. The largest absolute Gasteiger partial charge is 0.477 e. The summed E-state index contributed by atoms with van der Waals surface area (Å²) in [5.74, 6) is -3.11. The highest BCUT2D eigenvalue weighted by molar-refractivity contribution is 5.78. The quantitative estimate of drug-likeness (QED) is 0.208. The summed E-state index contributed by atoms with van der Waals surface area (Å²) in [5, 5.41) is 0. The Balaban J connectivity index is 1.43. The third-order valence-electron chi connectivity index (χ3n) is 8.12. The van der Waals surface area contributed by atoms with Crippen molar-refractivity contribution in [3.05, 3.63) is 75.1 Å². The SMILES string of the molecule is CC(C)n1c(=O)n(CCCOC2CCCCO2)c(=O)c2c1nc(-c1cccnc1OC[C@H]1CC1(F)F)n2Cc1ccccc1. The molecule has 6 rings (SSSR count). The highest BCUT2D eigenvalue weighted by Crippen LogP contribution is 2.48. The Morgan fingerprint density at radius 3 is 2.59 bits per heavy atom. The lowest BCUT2D eigenvalue weighted by Gasteiger charge is -2.22. The average molecular weight is 610 g/mol. The van der Waals surface area contributed by atoms with Crippen LogP contribution in [0.1, 0.15) is 57.6 Å². The van der Waals surface area contributed by atoms with Crippen LogP contribution in [0.3, 0.4) is 0 Å². The van der Waals surface area contributed by atoms with Crippen LogP contribution in [0.5, 0.6) is 5.88 Å². The zero-order valence-corrected chi connectivity index (χ0v) is 25.0. The Hall–Kier alpha value is -3.90. The summed E-state index contributed by atoms with van der Waals surface area (Å²) < 4.78 is 49.1. The minimum atomic E-state index is -2.73. The van der Waals surface area contributed by atoms with E-state index in [1.54, 1.807) is 16.7 Å². The number of aromatic nitrogens is 5. The number of fused-ring (bicyclic) bond motifs is 1. The van der Waals surface area contributed by atoms with E-state index in [-0.39, 0.29) is 55.5 Å². The van der Waals surface area contributed by atoms with Crippen LogP contribution < -0.4 is 16.0 Å². The Kier molecular flexibility index (Phi) is 8.64. The molecule has 10 nitrogen and oxygen atoms in total. The van der Waals surface area contributed by atoms with Crippen molar-refractivity contribution in [3.8, 4) is 17.3 Å². The Labute approximate surface area is 253 Å². The lowest BCUT2D eigenvalue weighted by Crippen LogP contribution is -2.41. The minimum Gasteiger partial charge on any atom is -0.477 e. The molecule has 4 aromatic rings. The number of benzene rings is 1. The first-order valence-electron chi connectivity index (χ1n) is 15.2. The fraction of sp³-hybridized carbons (Fsp3) is 0.500. The van der Waals surface area contributed by atoms with E-state index < -0.39 is 23.1 Å². The maximum absolute atomic E-state index is 14.1. The molecule has 1 aliphatic carbocycles. The van der Waals surface area contributed by atoms with Gasteiger partial charge in [-0.15, -0.1) is 0 Å². The van der Waals surface area contributed by atoms with Crippen molar-refractivity contribution in [2.75, 3.05) is 19.8 Å². The van der Waals surface area contributed by atoms with Crippen LogP contribution in [0, 0.1) is 5.92 Å². The van der Waals surface area contributed by atoms with Gasteiger partial charge in [-0.05, 0) is 57.2 Å². The van der Waals surface area contributed by atoms with Crippen molar-refractivity contribution in [2.24, 2.45) is 5.92 Å². The standard InChI is InChI=1S/C32H37F2N5O5/c1-21(2)39-28-26(30(40)37(31(39)41)15-9-17-43-25-13-6-7-16-42-25)38(19-22-10-4-3-5-11-22)27(36-28)24-12-8-14-35-29(24)44-20-23-18-32(23,33)34/h3-5,8,10-12,14,21,23,25H,6-7,9,13,15-20H2,1-2H3/t23-,25?/m1/s1. The molecule has 1 aliphatic heterocycles. The van der Waals surface area contributed by atoms with E-state index >= 15 is 0 Å². The van der Waals surface area contributed by atoms with Gasteiger partial charge in [0.1, 0.15) is 5.82 Å². The van der Waals surface area contributed by atoms with Crippen LogP contribution in [0.2, 0.25) is 0 Å². The van der Waals surface area contributed by atoms with Crippen LogP contribution in [-0.4, -0.2) is 55.7 Å². The van der Waals surface area contributed by atoms with Crippen molar-refractivity contribution in [1.82, 2.24) is 23.7 Å². The summed E-state index contributed by atoms with van der Waals surface area (Å²) >= 11 is 0. The monoisotopic (exact) mass is 609 g/mol. The van der Waals surface area contributed by atoms with Crippen molar-refractivity contribution in [2.45, 2.75) is 77.3 Å². The van der Waals surface area contributed by atoms with Gasteiger partial charge in [-0.3, -0.25) is 13.9 Å². The maximum atomic E-state index is 14.1. The molecule has 234 valence electrons. The van der Waals surface area contributed by atoms with Crippen molar-refractivity contribution >= 4 is 11.2 Å². The number of hydrogen-bond acceptors (Lipinski definition) is 7. The molecule has 1 unspecified atom stereocenters. The number of ether oxygens (including phenoxy) is 3. The molecule has 2 fully saturated rings. The molecule has 1 saturated carbocycles. The molecule has 12 heteroatoms. The van der Waals surface area contributed by atoms with Crippen LogP contribution in [0.15, 0.2) is 58.3 Å². The van der Waals surface area contributed by atoms with E-state index in [2.05, 4.69) is 4.98 Å². The van der Waals surface area contributed by atoms with Gasteiger partial charge in [0.15, 0.2) is 17.5 Å². The molecule has 3 aromatic heterocycles. The molecule has 0 amide bonds. The predicted octanol–water partition coefficient (Wildman–Crippen LogP) is 5.02. The summed E-state index contributed by atoms with van der Waals surface area (Å²) in [6.45, 7) is 5.00. The van der Waals surface area contributed by atoms with E-state index in [4.69, 9.17) is 19.2 Å². The molecular weight excluding hydrogens is 572 g/mol. The molecule has 0 N–H and O–H groups in total. The van der Waals surface area contributed by atoms with Crippen LogP contribution >= 0.6 is 0 Å². The van der Waals surface area contributed by atoms with Gasteiger partial charge in [-0.1, -0.05) is 30.3 Å². The number of nitrogens with zero attached hydrogens (tertiary/aromatic N) is 5. The van der Waals surface area contributed by atoms with Gasteiger partial charge < -0.3 is 18.8 Å². The zero-order chi connectivity index (χ0) is 30.8. The number of halogens is 2. The summed E-state index contributed by atoms with van der Waals surface area (Å²) in [6, 6.07) is 12.7. The van der Waals surface area contributed by atoms with Crippen LogP contribution in [0.4, 0.5) is 8.78 Å².